The maximum Gasteiger partial charge on any atom is 0.0786 e. The summed E-state index contributed by atoms with van der Waals surface area (Å²) < 4.78 is 1.46. The Morgan fingerprint density at radius 3 is 0.585 bits per heavy atom. The molecule has 41 heavy (non-hydrogen) atoms. The summed E-state index contributed by atoms with van der Waals surface area (Å²) in [7, 11) is 0. The van der Waals surface area contributed by atoms with E-state index in [0.29, 0.717) is 0 Å². The van der Waals surface area contributed by atoms with Crippen LogP contribution in [-0.4, -0.2) is 30.7 Å². The molecular weight excluding hydrogens is 494 g/mol. The Labute approximate surface area is 263 Å². The summed E-state index contributed by atoms with van der Waals surface area (Å²) in [6.07, 6.45) is 46.8. The van der Waals surface area contributed by atoms with Gasteiger partial charge in [0.25, 0.3) is 0 Å². The molecule has 0 aromatic rings. The highest BCUT2D eigenvalue weighted by Crippen LogP contribution is 2.20. The summed E-state index contributed by atoms with van der Waals surface area (Å²) >= 11 is 0. The van der Waals surface area contributed by atoms with Gasteiger partial charge in [0, 0.05) is 0 Å². The first-order valence-electron chi connectivity index (χ1n) is 20.1. The standard InChI is InChI=1S/C40H84N/c1-5-9-13-15-17-19-21-23-25-27-29-31-33-35-39-41(37-11-7-3,38-12-8-4)40-36-34-32-30-28-26-24-22-20-18-16-14-10-6-2/h5-40H2,1-4H3/q+1. The molecule has 0 fully saturated rings. The van der Waals surface area contributed by atoms with Crippen molar-refractivity contribution in [3.63, 3.8) is 0 Å². The molecule has 0 amide bonds. The highest BCUT2D eigenvalue weighted by atomic mass is 15.3. The molecule has 0 heterocycles. The Morgan fingerprint density at radius 2 is 0.366 bits per heavy atom. The van der Waals surface area contributed by atoms with Crippen LogP contribution < -0.4 is 0 Å². The van der Waals surface area contributed by atoms with E-state index in [9.17, 15) is 0 Å². The first kappa shape index (κ1) is 41.0. The van der Waals surface area contributed by atoms with Crippen molar-refractivity contribution in [3.8, 4) is 0 Å². The average molecular weight is 579 g/mol. The molecule has 0 saturated heterocycles. The highest BCUT2D eigenvalue weighted by Gasteiger charge is 2.25. The van der Waals surface area contributed by atoms with Gasteiger partial charge in [0.15, 0.2) is 0 Å². The SMILES string of the molecule is CCCCCCCCCCCCCCCC[N+](CCCC)(CCCC)CCCCCCCCCCCCCCCC. The zero-order valence-corrected chi connectivity index (χ0v) is 29.9. The Morgan fingerprint density at radius 1 is 0.195 bits per heavy atom. The van der Waals surface area contributed by atoms with E-state index in [0.717, 1.165) is 0 Å². The van der Waals surface area contributed by atoms with E-state index in [1.165, 1.54) is 236 Å². The molecule has 0 saturated carbocycles. The van der Waals surface area contributed by atoms with E-state index < -0.39 is 0 Å². The summed E-state index contributed by atoms with van der Waals surface area (Å²) in [6, 6.07) is 0. The van der Waals surface area contributed by atoms with Crippen molar-refractivity contribution >= 4 is 0 Å². The second-order valence-corrected chi connectivity index (χ2v) is 14.1. The zero-order chi connectivity index (χ0) is 30.0. The van der Waals surface area contributed by atoms with Crippen LogP contribution in [0.4, 0.5) is 0 Å². The molecule has 0 spiro atoms. The Kier molecular flexibility index (Phi) is 34.4. The molecule has 1 nitrogen and oxygen atoms in total. The third-order valence-electron chi connectivity index (χ3n) is 9.94. The van der Waals surface area contributed by atoms with Crippen molar-refractivity contribution in [1.82, 2.24) is 0 Å². The van der Waals surface area contributed by atoms with Gasteiger partial charge in [-0.05, 0) is 38.5 Å². The molecule has 1 heteroatoms. The van der Waals surface area contributed by atoms with Crippen molar-refractivity contribution in [1.29, 1.82) is 0 Å². The van der Waals surface area contributed by atoms with Crippen LogP contribution in [0.25, 0.3) is 0 Å². The predicted molar refractivity (Wildman–Crippen MR) is 190 cm³/mol. The fourth-order valence-corrected chi connectivity index (χ4v) is 6.94. The van der Waals surface area contributed by atoms with Gasteiger partial charge in [0.05, 0.1) is 26.2 Å². The molecule has 0 unspecified atom stereocenters. The molecule has 0 aliphatic carbocycles. The lowest BCUT2D eigenvalue weighted by molar-refractivity contribution is -0.929. The minimum absolute atomic E-state index is 1.36. The van der Waals surface area contributed by atoms with Crippen LogP contribution in [0.3, 0.4) is 0 Å². The van der Waals surface area contributed by atoms with Crippen LogP contribution in [0.2, 0.25) is 0 Å². The number of unbranched alkanes of at least 4 members (excludes halogenated alkanes) is 28. The third-order valence-corrected chi connectivity index (χ3v) is 9.94. The number of hydrogen-bond donors (Lipinski definition) is 0. The summed E-state index contributed by atoms with van der Waals surface area (Å²) in [5.41, 5.74) is 0. The van der Waals surface area contributed by atoms with Gasteiger partial charge in [-0.1, -0.05) is 195 Å². The van der Waals surface area contributed by atoms with Crippen LogP contribution in [0.5, 0.6) is 0 Å². The molecule has 0 bridgehead atoms. The van der Waals surface area contributed by atoms with Gasteiger partial charge in [0.2, 0.25) is 0 Å². The van der Waals surface area contributed by atoms with Gasteiger partial charge < -0.3 is 4.48 Å². The molecule has 0 N–H and O–H groups in total. The lowest BCUT2D eigenvalue weighted by Crippen LogP contribution is -2.50. The van der Waals surface area contributed by atoms with Crippen molar-refractivity contribution in [2.45, 2.75) is 233 Å². The van der Waals surface area contributed by atoms with Crippen molar-refractivity contribution < 1.29 is 4.48 Å². The van der Waals surface area contributed by atoms with Crippen molar-refractivity contribution in [3.05, 3.63) is 0 Å². The topological polar surface area (TPSA) is 0 Å². The molecule has 0 aliphatic heterocycles. The van der Waals surface area contributed by atoms with E-state index in [2.05, 4.69) is 27.7 Å². The monoisotopic (exact) mass is 579 g/mol. The van der Waals surface area contributed by atoms with Crippen LogP contribution in [0.1, 0.15) is 233 Å². The maximum atomic E-state index is 2.40. The van der Waals surface area contributed by atoms with Gasteiger partial charge in [-0.15, -0.1) is 0 Å². The second-order valence-electron chi connectivity index (χ2n) is 14.1. The number of nitrogens with zero attached hydrogens (tertiary/aromatic N) is 1. The normalized spacial score (nSPS) is 12.0. The number of rotatable bonds is 36. The molecule has 0 aromatic heterocycles. The fourth-order valence-electron chi connectivity index (χ4n) is 6.94. The number of hydrogen-bond acceptors (Lipinski definition) is 0. The van der Waals surface area contributed by atoms with E-state index in [1.54, 1.807) is 0 Å². The fraction of sp³-hybridized carbons (Fsp3) is 1.00. The molecular formula is C40H84N+. The van der Waals surface area contributed by atoms with Crippen molar-refractivity contribution in [2.24, 2.45) is 0 Å². The minimum atomic E-state index is 1.36. The van der Waals surface area contributed by atoms with E-state index >= 15 is 0 Å². The summed E-state index contributed by atoms with van der Waals surface area (Å²) in [5, 5.41) is 0. The summed E-state index contributed by atoms with van der Waals surface area (Å²) in [5.74, 6) is 0. The molecule has 0 aliphatic rings. The summed E-state index contributed by atoms with van der Waals surface area (Å²) in [6.45, 7) is 15.3. The second kappa shape index (κ2) is 34.5. The van der Waals surface area contributed by atoms with E-state index in [4.69, 9.17) is 0 Å². The van der Waals surface area contributed by atoms with Gasteiger partial charge in [0.1, 0.15) is 0 Å². The quantitative estimate of drug-likeness (QED) is 0.0512. The van der Waals surface area contributed by atoms with Crippen molar-refractivity contribution in [2.75, 3.05) is 26.2 Å². The average Bonchev–Trinajstić information content (AvgIpc) is 2.99. The van der Waals surface area contributed by atoms with E-state index in [-0.39, 0.29) is 0 Å². The lowest BCUT2D eigenvalue weighted by Gasteiger charge is -2.39. The van der Waals surface area contributed by atoms with Crippen LogP contribution in [0, 0.1) is 0 Å². The predicted octanol–water partition coefficient (Wildman–Crippen LogP) is 14.4. The molecule has 0 aromatic carbocycles. The Bertz CT molecular complexity index is 416. The molecule has 0 radical (unpaired) electrons. The lowest BCUT2D eigenvalue weighted by atomic mass is 10.0. The van der Waals surface area contributed by atoms with Gasteiger partial charge in [-0.3, -0.25) is 0 Å². The smallest absolute Gasteiger partial charge is 0.0786 e. The van der Waals surface area contributed by atoms with Gasteiger partial charge in [-0.2, -0.15) is 0 Å². The summed E-state index contributed by atoms with van der Waals surface area (Å²) in [4.78, 5) is 0. The molecule has 0 rings (SSSR count). The molecule has 0 atom stereocenters. The maximum absolute atomic E-state index is 2.40. The first-order chi connectivity index (χ1) is 20.2. The number of quaternary nitrogens is 1. The van der Waals surface area contributed by atoms with Crippen LogP contribution in [0.15, 0.2) is 0 Å². The third kappa shape index (κ3) is 29.8. The van der Waals surface area contributed by atoms with Crippen LogP contribution in [-0.2, 0) is 0 Å². The van der Waals surface area contributed by atoms with Gasteiger partial charge in [-0.25, -0.2) is 0 Å². The minimum Gasteiger partial charge on any atom is -0.324 e. The first-order valence-corrected chi connectivity index (χ1v) is 20.1. The van der Waals surface area contributed by atoms with Gasteiger partial charge >= 0.3 is 0 Å². The van der Waals surface area contributed by atoms with E-state index in [1.807, 2.05) is 0 Å². The highest BCUT2D eigenvalue weighted by molar-refractivity contribution is 4.54. The Hall–Kier alpha value is -0.0400. The zero-order valence-electron chi connectivity index (χ0n) is 29.9. The van der Waals surface area contributed by atoms with Crippen LogP contribution >= 0.6 is 0 Å². The molecule has 248 valence electrons. The Balaban J connectivity index is 3.98. The largest absolute Gasteiger partial charge is 0.324 e.